The zero-order chi connectivity index (χ0) is 12.9. The van der Waals surface area contributed by atoms with E-state index in [9.17, 15) is 0 Å². The third kappa shape index (κ3) is 4.02. The van der Waals surface area contributed by atoms with Crippen molar-refractivity contribution in [3.63, 3.8) is 0 Å². The maximum absolute atomic E-state index is 5.85. The van der Waals surface area contributed by atoms with Crippen LogP contribution in [0.15, 0.2) is 29.2 Å². The zero-order valence-corrected chi connectivity index (χ0v) is 12.1. The van der Waals surface area contributed by atoms with Gasteiger partial charge in [0.05, 0.1) is 0 Å². The van der Waals surface area contributed by atoms with Gasteiger partial charge >= 0.3 is 0 Å². The molecule has 0 aromatic heterocycles. The van der Waals surface area contributed by atoms with Crippen LogP contribution in [-0.2, 0) is 6.54 Å². The van der Waals surface area contributed by atoms with Crippen molar-refractivity contribution in [1.82, 2.24) is 5.32 Å². The highest BCUT2D eigenvalue weighted by atomic mass is 32.2. The molecule has 0 amide bonds. The molecule has 1 rings (SSSR count). The predicted octanol–water partition coefficient (Wildman–Crippen LogP) is 2.87. The number of rotatable bonds is 6. The molecule has 2 nitrogen and oxygen atoms in total. The van der Waals surface area contributed by atoms with Gasteiger partial charge in [0, 0.05) is 23.5 Å². The molecule has 0 saturated carbocycles. The third-order valence-corrected chi connectivity index (χ3v) is 4.30. The van der Waals surface area contributed by atoms with Gasteiger partial charge in [0.1, 0.15) is 0 Å². The van der Waals surface area contributed by atoms with E-state index >= 15 is 0 Å². The Hall–Kier alpha value is -0.510. The maximum atomic E-state index is 5.85. The van der Waals surface area contributed by atoms with Gasteiger partial charge in [-0.2, -0.15) is 0 Å². The lowest BCUT2D eigenvalue weighted by atomic mass is 9.88. The zero-order valence-electron chi connectivity index (χ0n) is 11.3. The summed E-state index contributed by atoms with van der Waals surface area (Å²) in [5, 5.41) is 3.57. The summed E-state index contributed by atoms with van der Waals surface area (Å²) in [5.41, 5.74) is 7.17. The van der Waals surface area contributed by atoms with Crippen molar-refractivity contribution < 1.29 is 0 Å². The number of nitrogens with one attached hydrogen (secondary N) is 1. The van der Waals surface area contributed by atoms with Gasteiger partial charge in [-0.1, -0.05) is 26.0 Å². The van der Waals surface area contributed by atoms with Crippen LogP contribution in [0.5, 0.6) is 0 Å². The molecule has 0 spiro atoms. The standard InChI is InChI=1S/C14H24N2S/c1-11(2)14(3,10-15)16-9-12-5-7-13(17-4)8-6-12/h5-8,11,16H,9-10,15H2,1-4H3. The van der Waals surface area contributed by atoms with Crippen LogP contribution in [0.4, 0.5) is 0 Å². The van der Waals surface area contributed by atoms with E-state index in [1.165, 1.54) is 10.5 Å². The first-order valence-corrected chi connectivity index (χ1v) is 7.32. The van der Waals surface area contributed by atoms with Gasteiger partial charge in [-0.15, -0.1) is 11.8 Å². The largest absolute Gasteiger partial charge is 0.329 e. The van der Waals surface area contributed by atoms with Crippen molar-refractivity contribution in [3.05, 3.63) is 29.8 Å². The molecule has 0 saturated heterocycles. The molecule has 0 fully saturated rings. The summed E-state index contributed by atoms with van der Waals surface area (Å²) in [6.45, 7) is 8.13. The molecule has 3 N–H and O–H groups in total. The van der Waals surface area contributed by atoms with E-state index in [0.29, 0.717) is 12.5 Å². The Morgan fingerprint density at radius 2 is 1.88 bits per heavy atom. The Balaban J connectivity index is 2.59. The smallest absolute Gasteiger partial charge is 0.0301 e. The number of benzene rings is 1. The molecule has 3 heteroatoms. The van der Waals surface area contributed by atoms with Gasteiger partial charge in [-0.3, -0.25) is 0 Å². The van der Waals surface area contributed by atoms with E-state index in [2.05, 4.69) is 56.6 Å². The van der Waals surface area contributed by atoms with Gasteiger partial charge in [-0.25, -0.2) is 0 Å². The van der Waals surface area contributed by atoms with E-state index in [0.717, 1.165) is 6.54 Å². The highest BCUT2D eigenvalue weighted by molar-refractivity contribution is 7.98. The minimum absolute atomic E-state index is 0.0121. The second kappa shape index (κ2) is 6.43. The Morgan fingerprint density at radius 1 is 1.29 bits per heavy atom. The fourth-order valence-electron chi connectivity index (χ4n) is 1.56. The molecule has 0 heterocycles. The average molecular weight is 252 g/mol. The molecule has 96 valence electrons. The first-order chi connectivity index (χ1) is 8.01. The van der Waals surface area contributed by atoms with Crippen LogP contribution in [0.3, 0.4) is 0 Å². The Morgan fingerprint density at radius 3 is 2.29 bits per heavy atom. The van der Waals surface area contributed by atoms with Gasteiger partial charge in [-0.05, 0) is 36.8 Å². The van der Waals surface area contributed by atoms with Crippen molar-refractivity contribution in [2.75, 3.05) is 12.8 Å². The van der Waals surface area contributed by atoms with Crippen molar-refractivity contribution in [3.8, 4) is 0 Å². The molecule has 0 aliphatic heterocycles. The summed E-state index contributed by atoms with van der Waals surface area (Å²) in [5.74, 6) is 0.526. The fourth-order valence-corrected chi connectivity index (χ4v) is 1.97. The molecule has 0 radical (unpaired) electrons. The third-order valence-electron chi connectivity index (χ3n) is 3.55. The van der Waals surface area contributed by atoms with Crippen molar-refractivity contribution in [2.24, 2.45) is 11.7 Å². The molecular formula is C14H24N2S. The SMILES string of the molecule is CSc1ccc(CNC(C)(CN)C(C)C)cc1. The summed E-state index contributed by atoms with van der Waals surface area (Å²) in [4.78, 5) is 1.30. The average Bonchev–Trinajstić information content (AvgIpc) is 2.36. The van der Waals surface area contributed by atoms with E-state index in [-0.39, 0.29) is 5.54 Å². The van der Waals surface area contributed by atoms with Gasteiger partial charge in [0.15, 0.2) is 0 Å². The summed E-state index contributed by atoms with van der Waals surface area (Å²) in [6, 6.07) is 8.68. The Bertz CT molecular complexity index is 335. The van der Waals surface area contributed by atoms with Crippen LogP contribution >= 0.6 is 11.8 Å². The van der Waals surface area contributed by atoms with Crippen LogP contribution in [0.1, 0.15) is 26.3 Å². The lowest BCUT2D eigenvalue weighted by Gasteiger charge is -2.33. The van der Waals surface area contributed by atoms with Gasteiger partial charge in [0.2, 0.25) is 0 Å². The van der Waals surface area contributed by atoms with Crippen LogP contribution in [-0.4, -0.2) is 18.3 Å². The van der Waals surface area contributed by atoms with Crippen LogP contribution in [0.2, 0.25) is 0 Å². The summed E-state index contributed by atoms with van der Waals surface area (Å²) < 4.78 is 0. The predicted molar refractivity (Wildman–Crippen MR) is 77.4 cm³/mol. The second-order valence-electron chi connectivity index (χ2n) is 4.98. The minimum atomic E-state index is 0.0121. The van der Waals surface area contributed by atoms with E-state index in [4.69, 9.17) is 5.73 Å². The quantitative estimate of drug-likeness (QED) is 0.765. The lowest BCUT2D eigenvalue weighted by molar-refractivity contribution is 0.267. The fraction of sp³-hybridized carbons (Fsp3) is 0.571. The molecule has 1 aromatic rings. The van der Waals surface area contributed by atoms with Crippen LogP contribution in [0, 0.1) is 5.92 Å². The molecule has 1 atom stereocenters. The number of hydrogen-bond donors (Lipinski definition) is 2. The highest BCUT2D eigenvalue weighted by Gasteiger charge is 2.25. The monoisotopic (exact) mass is 252 g/mol. The lowest BCUT2D eigenvalue weighted by Crippen LogP contribution is -2.52. The molecule has 0 aliphatic rings. The van der Waals surface area contributed by atoms with E-state index in [1.54, 1.807) is 11.8 Å². The molecule has 0 bridgehead atoms. The van der Waals surface area contributed by atoms with Gasteiger partial charge < -0.3 is 11.1 Å². The normalized spacial score (nSPS) is 14.9. The molecule has 17 heavy (non-hydrogen) atoms. The minimum Gasteiger partial charge on any atom is -0.329 e. The molecule has 0 aliphatic carbocycles. The molecular weight excluding hydrogens is 228 g/mol. The summed E-state index contributed by atoms with van der Waals surface area (Å²) >= 11 is 1.77. The highest BCUT2D eigenvalue weighted by Crippen LogP contribution is 2.17. The summed E-state index contributed by atoms with van der Waals surface area (Å²) in [6.07, 6.45) is 2.09. The number of hydrogen-bond acceptors (Lipinski definition) is 3. The van der Waals surface area contributed by atoms with E-state index < -0.39 is 0 Å². The number of thioether (sulfide) groups is 1. The first-order valence-electron chi connectivity index (χ1n) is 6.10. The Labute approximate surface area is 109 Å². The topological polar surface area (TPSA) is 38.0 Å². The van der Waals surface area contributed by atoms with Crippen molar-refractivity contribution >= 4 is 11.8 Å². The molecule has 1 aromatic carbocycles. The Kier molecular flexibility index (Phi) is 5.50. The number of nitrogens with two attached hydrogens (primary N) is 1. The maximum Gasteiger partial charge on any atom is 0.0301 e. The van der Waals surface area contributed by atoms with Crippen molar-refractivity contribution in [2.45, 2.75) is 37.8 Å². The first kappa shape index (κ1) is 14.6. The van der Waals surface area contributed by atoms with Crippen molar-refractivity contribution in [1.29, 1.82) is 0 Å². The van der Waals surface area contributed by atoms with Crippen LogP contribution in [0.25, 0.3) is 0 Å². The molecule has 1 unspecified atom stereocenters. The second-order valence-corrected chi connectivity index (χ2v) is 5.86. The van der Waals surface area contributed by atoms with E-state index in [1.807, 2.05) is 0 Å². The van der Waals surface area contributed by atoms with Crippen LogP contribution < -0.4 is 11.1 Å². The van der Waals surface area contributed by atoms with Gasteiger partial charge in [0.25, 0.3) is 0 Å². The summed E-state index contributed by atoms with van der Waals surface area (Å²) in [7, 11) is 0.